The van der Waals surface area contributed by atoms with Crippen LogP contribution in [-0.4, -0.2) is 7.11 Å². The maximum absolute atomic E-state index is 6.46. The second-order valence-electron chi connectivity index (χ2n) is 7.58. The molecular weight excluding hydrogens is 516 g/mol. The molecule has 0 saturated heterocycles. The second-order valence-corrected chi connectivity index (χ2v) is 9.02. The van der Waals surface area contributed by atoms with E-state index in [0.717, 1.165) is 28.8 Å². The standard InChI is InChI=1S/C27H36Br2O2/c1-7-11-25(9-3)31-26(18-21(5)30-6)27(20(4)16-17-28)23-14-15-24(29)13-10-12-22(8-2)19-23/h7,9-18,20,22-23,27H,5,8,19H2,1-4,6H3/b11-7+,12-10+,15-14?,17-16-,24-13+,25-9+,26-18+. The first-order chi connectivity index (χ1) is 14.9. The SMILES string of the molecule is C=C(/C=C(/OC(/C=C/C)=C/C)C(C(C)/C=C\Br)C1C=C/C(Br)=C\C=C\C(CC)C1)OC. The fraction of sp³-hybridized carbons (Fsp3) is 0.407. The highest BCUT2D eigenvalue weighted by atomic mass is 79.9. The zero-order chi connectivity index (χ0) is 23.2. The lowest BCUT2D eigenvalue weighted by Crippen LogP contribution is -2.25. The van der Waals surface area contributed by atoms with Crippen molar-refractivity contribution in [2.75, 3.05) is 7.11 Å². The zero-order valence-corrected chi connectivity index (χ0v) is 22.5. The molecule has 2 nitrogen and oxygen atoms in total. The topological polar surface area (TPSA) is 18.5 Å². The molecule has 0 aromatic rings. The molecule has 0 aliphatic heterocycles. The minimum absolute atomic E-state index is 0.0954. The van der Waals surface area contributed by atoms with E-state index in [1.54, 1.807) is 7.11 Å². The van der Waals surface area contributed by atoms with Crippen molar-refractivity contribution < 1.29 is 9.47 Å². The monoisotopic (exact) mass is 550 g/mol. The molecule has 170 valence electrons. The van der Waals surface area contributed by atoms with Gasteiger partial charge in [0.05, 0.1) is 7.11 Å². The minimum Gasteiger partial charge on any atom is -0.497 e. The van der Waals surface area contributed by atoms with Crippen molar-refractivity contribution in [3.63, 3.8) is 0 Å². The van der Waals surface area contributed by atoms with Gasteiger partial charge in [-0.3, -0.25) is 0 Å². The molecule has 1 aliphatic carbocycles. The van der Waals surface area contributed by atoms with Crippen molar-refractivity contribution in [2.45, 2.75) is 40.5 Å². The van der Waals surface area contributed by atoms with Gasteiger partial charge in [-0.25, -0.2) is 0 Å². The Morgan fingerprint density at radius 1 is 1.32 bits per heavy atom. The predicted molar refractivity (Wildman–Crippen MR) is 142 cm³/mol. The summed E-state index contributed by atoms with van der Waals surface area (Å²) in [5.41, 5.74) is 0. The number of allylic oxidation sites excluding steroid dienone is 12. The first-order valence-electron chi connectivity index (χ1n) is 10.8. The fourth-order valence-corrected chi connectivity index (χ4v) is 4.43. The van der Waals surface area contributed by atoms with Crippen molar-refractivity contribution in [3.05, 3.63) is 94.1 Å². The van der Waals surface area contributed by atoms with E-state index in [0.29, 0.717) is 11.7 Å². The third-order valence-electron chi connectivity index (χ3n) is 5.39. The van der Waals surface area contributed by atoms with Crippen LogP contribution in [0.4, 0.5) is 0 Å². The van der Waals surface area contributed by atoms with Gasteiger partial charge in [0.2, 0.25) is 0 Å². The normalized spacial score (nSPS) is 25.3. The molecule has 0 aromatic heterocycles. The molecule has 0 heterocycles. The van der Waals surface area contributed by atoms with Crippen LogP contribution in [0.25, 0.3) is 0 Å². The van der Waals surface area contributed by atoms with Crippen molar-refractivity contribution in [2.24, 2.45) is 23.7 Å². The summed E-state index contributed by atoms with van der Waals surface area (Å²) in [6.07, 6.45) is 23.1. The molecule has 0 bridgehead atoms. The number of hydrogen-bond acceptors (Lipinski definition) is 2. The summed E-state index contributed by atoms with van der Waals surface area (Å²) < 4.78 is 12.9. The summed E-state index contributed by atoms with van der Waals surface area (Å²) in [7, 11) is 1.63. The Kier molecular flexibility index (Phi) is 13.6. The molecule has 0 saturated carbocycles. The number of methoxy groups -OCH3 is 1. The van der Waals surface area contributed by atoms with E-state index >= 15 is 0 Å². The van der Waals surface area contributed by atoms with Crippen LogP contribution in [0.1, 0.15) is 40.5 Å². The maximum atomic E-state index is 6.46. The van der Waals surface area contributed by atoms with Gasteiger partial charge in [-0.2, -0.15) is 0 Å². The van der Waals surface area contributed by atoms with E-state index in [4.69, 9.17) is 9.47 Å². The van der Waals surface area contributed by atoms with E-state index in [9.17, 15) is 0 Å². The highest BCUT2D eigenvalue weighted by Crippen LogP contribution is 2.38. The van der Waals surface area contributed by atoms with Gasteiger partial charge < -0.3 is 9.47 Å². The molecule has 1 rings (SSSR count). The minimum atomic E-state index is 0.0954. The fourth-order valence-electron chi connectivity index (χ4n) is 3.65. The van der Waals surface area contributed by atoms with E-state index in [1.165, 1.54) is 0 Å². The van der Waals surface area contributed by atoms with Crippen LogP contribution in [0.5, 0.6) is 0 Å². The summed E-state index contributed by atoms with van der Waals surface area (Å²) in [4.78, 5) is 1.93. The molecule has 0 radical (unpaired) electrons. The lowest BCUT2D eigenvalue weighted by Gasteiger charge is -2.32. The Bertz CT molecular complexity index is 781. The van der Waals surface area contributed by atoms with Crippen molar-refractivity contribution in [1.82, 2.24) is 0 Å². The molecule has 0 aromatic carbocycles. The molecular formula is C27H36Br2O2. The first-order valence-corrected chi connectivity index (χ1v) is 12.5. The van der Waals surface area contributed by atoms with Crippen LogP contribution in [0.2, 0.25) is 0 Å². The van der Waals surface area contributed by atoms with Gasteiger partial charge in [-0.05, 0) is 67.7 Å². The number of halogens is 2. The van der Waals surface area contributed by atoms with E-state index in [1.807, 2.05) is 43.1 Å². The van der Waals surface area contributed by atoms with E-state index in [-0.39, 0.29) is 17.8 Å². The average Bonchev–Trinajstić information content (AvgIpc) is 2.84. The molecule has 4 unspecified atom stereocenters. The van der Waals surface area contributed by atoms with Crippen LogP contribution < -0.4 is 0 Å². The number of ether oxygens (including phenoxy) is 2. The highest BCUT2D eigenvalue weighted by molar-refractivity contribution is 9.12. The smallest absolute Gasteiger partial charge is 0.122 e. The molecule has 0 N–H and O–H groups in total. The Balaban J connectivity index is 3.58. The van der Waals surface area contributed by atoms with Gasteiger partial charge in [0.15, 0.2) is 0 Å². The Labute approximate surface area is 206 Å². The number of rotatable bonds is 10. The lowest BCUT2D eigenvalue weighted by atomic mass is 9.75. The molecule has 0 spiro atoms. The predicted octanol–water partition coefficient (Wildman–Crippen LogP) is 9.13. The largest absolute Gasteiger partial charge is 0.497 e. The highest BCUT2D eigenvalue weighted by Gasteiger charge is 2.31. The quantitative estimate of drug-likeness (QED) is 0.199. The third kappa shape index (κ3) is 9.65. The summed E-state index contributed by atoms with van der Waals surface area (Å²) in [5, 5.41) is 0. The van der Waals surface area contributed by atoms with Crippen molar-refractivity contribution in [1.29, 1.82) is 0 Å². The maximum Gasteiger partial charge on any atom is 0.122 e. The van der Waals surface area contributed by atoms with Gasteiger partial charge in [-0.15, -0.1) is 0 Å². The molecule has 31 heavy (non-hydrogen) atoms. The Hall–Kier alpha value is -1.52. The lowest BCUT2D eigenvalue weighted by molar-refractivity contribution is 0.195. The van der Waals surface area contributed by atoms with Crippen LogP contribution in [0, 0.1) is 23.7 Å². The summed E-state index contributed by atoms with van der Waals surface area (Å²) in [6.45, 7) is 12.5. The van der Waals surface area contributed by atoms with Gasteiger partial charge in [0.1, 0.15) is 17.3 Å². The third-order valence-corrected chi connectivity index (χ3v) is 6.22. The van der Waals surface area contributed by atoms with E-state index in [2.05, 4.69) is 88.7 Å². The number of hydrogen-bond donors (Lipinski definition) is 0. The van der Waals surface area contributed by atoms with Gasteiger partial charge in [0.25, 0.3) is 0 Å². The van der Waals surface area contributed by atoms with Crippen LogP contribution in [-0.2, 0) is 9.47 Å². The van der Waals surface area contributed by atoms with Gasteiger partial charge >= 0.3 is 0 Å². The Morgan fingerprint density at radius 3 is 2.65 bits per heavy atom. The van der Waals surface area contributed by atoms with Crippen LogP contribution >= 0.6 is 31.9 Å². The summed E-state index contributed by atoms with van der Waals surface area (Å²) >= 11 is 7.13. The van der Waals surface area contributed by atoms with E-state index < -0.39 is 0 Å². The van der Waals surface area contributed by atoms with Crippen molar-refractivity contribution >= 4 is 31.9 Å². The molecule has 0 amide bonds. The molecule has 4 atom stereocenters. The zero-order valence-electron chi connectivity index (χ0n) is 19.4. The molecule has 1 aliphatic rings. The van der Waals surface area contributed by atoms with Gasteiger partial charge in [0, 0.05) is 16.5 Å². The average molecular weight is 552 g/mol. The van der Waals surface area contributed by atoms with Gasteiger partial charge in [-0.1, -0.05) is 88.7 Å². The van der Waals surface area contributed by atoms with Crippen LogP contribution in [0.15, 0.2) is 94.1 Å². The van der Waals surface area contributed by atoms with Crippen LogP contribution in [0.3, 0.4) is 0 Å². The second kappa shape index (κ2) is 15.3. The molecule has 0 fully saturated rings. The molecule has 4 heteroatoms. The first kappa shape index (κ1) is 27.5. The van der Waals surface area contributed by atoms with Crippen molar-refractivity contribution in [3.8, 4) is 0 Å². The summed E-state index contributed by atoms with van der Waals surface area (Å²) in [5.74, 6) is 3.28. The summed E-state index contributed by atoms with van der Waals surface area (Å²) in [6, 6.07) is 0. The Morgan fingerprint density at radius 2 is 2.06 bits per heavy atom.